The van der Waals surface area contributed by atoms with E-state index in [0.717, 1.165) is 5.56 Å². The summed E-state index contributed by atoms with van der Waals surface area (Å²) in [6, 6.07) is 10.8. The van der Waals surface area contributed by atoms with Gasteiger partial charge < -0.3 is 14.2 Å². The zero-order valence-corrected chi connectivity index (χ0v) is 17.3. The van der Waals surface area contributed by atoms with Crippen LogP contribution in [-0.2, 0) is 20.7 Å². The number of ether oxygens (including phenoxy) is 3. The Hall–Kier alpha value is -2.06. The van der Waals surface area contributed by atoms with Crippen LogP contribution in [0.2, 0.25) is 0 Å². The SMILES string of the molecule is COC(=O)CCc1cc(Br)c(Oc2ccccc2NC(=O)OC)c(Br)c1. The van der Waals surface area contributed by atoms with Crippen molar-refractivity contribution in [3.8, 4) is 11.5 Å². The Labute approximate surface area is 168 Å². The number of hydrogen-bond donors (Lipinski definition) is 1. The summed E-state index contributed by atoms with van der Waals surface area (Å²) >= 11 is 6.97. The lowest BCUT2D eigenvalue weighted by atomic mass is 10.1. The van der Waals surface area contributed by atoms with Crippen LogP contribution in [0.4, 0.5) is 10.5 Å². The highest BCUT2D eigenvalue weighted by atomic mass is 79.9. The van der Waals surface area contributed by atoms with Crippen LogP contribution in [0, 0.1) is 0 Å². The van der Waals surface area contributed by atoms with E-state index < -0.39 is 6.09 Å². The van der Waals surface area contributed by atoms with Crippen LogP contribution < -0.4 is 10.1 Å². The van der Waals surface area contributed by atoms with Gasteiger partial charge in [-0.2, -0.15) is 0 Å². The van der Waals surface area contributed by atoms with E-state index in [0.29, 0.717) is 39.0 Å². The number of benzene rings is 2. The van der Waals surface area contributed by atoms with Crippen LogP contribution in [0.3, 0.4) is 0 Å². The molecular formula is C18H17Br2NO5. The van der Waals surface area contributed by atoms with Gasteiger partial charge in [0.2, 0.25) is 0 Å². The van der Waals surface area contributed by atoms with Gasteiger partial charge in [-0.25, -0.2) is 4.79 Å². The first-order valence-electron chi connectivity index (χ1n) is 7.61. The minimum absolute atomic E-state index is 0.264. The highest BCUT2D eigenvalue weighted by molar-refractivity contribution is 9.11. The molecule has 0 atom stereocenters. The van der Waals surface area contributed by atoms with Gasteiger partial charge in [-0.3, -0.25) is 10.1 Å². The molecule has 0 spiro atoms. The molecule has 0 aromatic heterocycles. The van der Waals surface area contributed by atoms with Gasteiger partial charge in [0.15, 0.2) is 11.5 Å². The molecule has 0 unspecified atom stereocenters. The number of amides is 1. The van der Waals surface area contributed by atoms with E-state index in [2.05, 4.69) is 46.7 Å². The lowest BCUT2D eigenvalue weighted by molar-refractivity contribution is -0.140. The van der Waals surface area contributed by atoms with Gasteiger partial charge in [-0.1, -0.05) is 12.1 Å². The second-order valence-corrected chi connectivity index (χ2v) is 6.89. The number of esters is 1. The van der Waals surface area contributed by atoms with Crippen molar-refractivity contribution in [2.75, 3.05) is 19.5 Å². The second kappa shape index (κ2) is 9.59. The second-order valence-electron chi connectivity index (χ2n) is 5.18. The van der Waals surface area contributed by atoms with Crippen molar-refractivity contribution in [1.82, 2.24) is 0 Å². The summed E-state index contributed by atoms with van der Waals surface area (Å²) in [7, 11) is 2.66. The quantitative estimate of drug-likeness (QED) is 0.561. The van der Waals surface area contributed by atoms with Crippen molar-refractivity contribution in [2.45, 2.75) is 12.8 Å². The van der Waals surface area contributed by atoms with E-state index in [-0.39, 0.29) is 5.97 Å². The van der Waals surface area contributed by atoms with Crippen LogP contribution in [0.25, 0.3) is 0 Å². The summed E-state index contributed by atoms with van der Waals surface area (Å²) in [5.41, 5.74) is 1.43. The van der Waals surface area contributed by atoms with Gasteiger partial charge in [0.25, 0.3) is 0 Å². The minimum atomic E-state index is -0.586. The maximum Gasteiger partial charge on any atom is 0.411 e. The zero-order valence-electron chi connectivity index (χ0n) is 14.2. The van der Waals surface area contributed by atoms with Crippen molar-refractivity contribution in [3.63, 3.8) is 0 Å². The molecule has 0 saturated heterocycles. The molecule has 0 aliphatic heterocycles. The average Bonchev–Trinajstić information content (AvgIpc) is 2.63. The van der Waals surface area contributed by atoms with E-state index >= 15 is 0 Å². The Kier molecular flexibility index (Phi) is 7.47. The van der Waals surface area contributed by atoms with Gasteiger partial charge in [-0.05, 0) is 68.1 Å². The molecule has 2 aromatic rings. The summed E-state index contributed by atoms with van der Waals surface area (Å²) in [5.74, 6) is 0.743. The fraction of sp³-hybridized carbons (Fsp3) is 0.222. The van der Waals surface area contributed by atoms with Gasteiger partial charge in [0.1, 0.15) is 0 Å². The Morgan fingerprint density at radius 1 is 1.04 bits per heavy atom. The Morgan fingerprint density at radius 3 is 2.31 bits per heavy atom. The Balaban J connectivity index is 2.22. The molecule has 0 aliphatic carbocycles. The number of hydrogen-bond acceptors (Lipinski definition) is 5. The van der Waals surface area contributed by atoms with Crippen molar-refractivity contribution < 1.29 is 23.8 Å². The molecule has 0 fully saturated rings. The summed E-state index contributed by atoms with van der Waals surface area (Å²) in [4.78, 5) is 22.8. The number of para-hydroxylation sites is 2. The molecule has 8 heteroatoms. The summed E-state index contributed by atoms with van der Waals surface area (Å²) in [6.45, 7) is 0. The van der Waals surface area contributed by atoms with Crippen LogP contribution in [0.15, 0.2) is 45.3 Å². The normalized spacial score (nSPS) is 10.2. The number of nitrogens with one attached hydrogen (secondary N) is 1. The van der Waals surface area contributed by atoms with E-state index in [1.807, 2.05) is 12.1 Å². The number of carbonyl (C=O) groups is 2. The molecule has 2 rings (SSSR count). The van der Waals surface area contributed by atoms with Gasteiger partial charge in [-0.15, -0.1) is 0 Å². The fourth-order valence-corrected chi connectivity index (χ4v) is 3.58. The van der Waals surface area contributed by atoms with E-state index in [4.69, 9.17) is 4.74 Å². The van der Waals surface area contributed by atoms with Gasteiger partial charge in [0.05, 0.1) is 28.9 Å². The predicted molar refractivity (Wildman–Crippen MR) is 105 cm³/mol. The standard InChI is InChI=1S/C18H17Br2NO5/c1-24-16(22)8-7-11-9-12(19)17(13(20)10-11)26-15-6-4-3-5-14(15)21-18(23)25-2/h3-6,9-10H,7-8H2,1-2H3,(H,21,23). The monoisotopic (exact) mass is 485 g/mol. The Bertz CT molecular complexity index is 787. The molecule has 0 heterocycles. The maximum atomic E-state index is 11.5. The van der Waals surface area contributed by atoms with Crippen molar-refractivity contribution in [3.05, 3.63) is 50.9 Å². The molecular weight excluding hydrogens is 470 g/mol. The average molecular weight is 487 g/mol. The molecule has 0 saturated carbocycles. The highest BCUT2D eigenvalue weighted by Gasteiger charge is 2.14. The Morgan fingerprint density at radius 2 is 1.69 bits per heavy atom. The maximum absolute atomic E-state index is 11.5. The summed E-state index contributed by atoms with van der Waals surface area (Å²) in [6.07, 6.45) is 0.254. The number of halogens is 2. The topological polar surface area (TPSA) is 73.9 Å². The van der Waals surface area contributed by atoms with Crippen LogP contribution in [-0.4, -0.2) is 26.3 Å². The minimum Gasteiger partial charge on any atom is -0.469 e. The third-order valence-corrected chi connectivity index (χ3v) is 4.60. The van der Waals surface area contributed by atoms with Crippen LogP contribution in [0.1, 0.15) is 12.0 Å². The van der Waals surface area contributed by atoms with Crippen LogP contribution in [0.5, 0.6) is 11.5 Å². The molecule has 138 valence electrons. The lowest BCUT2D eigenvalue weighted by Crippen LogP contribution is -2.11. The van der Waals surface area contributed by atoms with E-state index in [1.165, 1.54) is 14.2 Å². The molecule has 6 nitrogen and oxygen atoms in total. The van der Waals surface area contributed by atoms with E-state index in [1.54, 1.807) is 24.3 Å². The smallest absolute Gasteiger partial charge is 0.411 e. The number of methoxy groups -OCH3 is 2. The predicted octanol–water partition coefficient (Wildman–Crippen LogP) is 5.29. The van der Waals surface area contributed by atoms with Crippen molar-refractivity contribution >= 4 is 49.6 Å². The van der Waals surface area contributed by atoms with Crippen molar-refractivity contribution in [2.24, 2.45) is 0 Å². The van der Waals surface area contributed by atoms with Crippen LogP contribution >= 0.6 is 31.9 Å². The first-order chi connectivity index (χ1) is 12.4. The molecule has 2 aromatic carbocycles. The number of rotatable bonds is 6. The molecule has 0 aliphatic rings. The fourth-order valence-electron chi connectivity index (χ4n) is 2.13. The first-order valence-corrected chi connectivity index (χ1v) is 9.19. The largest absolute Gasteiger partial charge is 0.469 e. The highest BCUT2D eigenvalue weighted by Crippen LogP contribution is 2.40. The molecule has 0 bridgehead atoms. The van der Waals surface area contributed by atoms with Crippen molar-refractivity contribution in [1.29, 1.82) is 0 Å². The number of aryl methyl sites for hydroxylation is 1. The number of anilines is 1. The lowest BCUT2D eigenvalue weighted by Gasteiger charge is -2.15. The summed E-state index contributed by atoms with van der Waals surface area (Å²) < 4.78 is 16.7. The zero-order chi connectivity index (χ0) is 19.1. The summed E-state index contributed by atoms with van der Waals surface area (Å²) in [5, 5.41) is 2.60. The third-order valence-electron chi connectivity index (χ3n) is 3.42. The molecule has 0 radical (unpaired) electrons. The molecule has 26 heavy (non-hydrogen) atoms. The molecule has 1 amide bonds. The third kappa shape index (κ3) is 5.47. The van der Waals surface area contributed by atoms with Gasteiger partial charge >= 0.3 is 12.1 Å². The number of carbonyl (C=O) groups excluding carboxylic acids is 2. The van der Waals surface area contributed by atoms with E-state index in [9.17, 15) is 9.59 Å². The van der Waals surface area contributed by atoms with Gasteiger partial charge in [0, 0.05) is 6.42 Å². The first kappa shape index (κ1) is 20.3. The molecule has 1 N–H and O–H groups in total.